The van der Waals surface area contributed by atoms with Gasteiger partial charge in [-0.05, 0) is 97.7 Å². The summed E-state index contributed by atoms with van der Waals surface area (Å²) in [5.74, 6) is -4.28. The van der Waals surface area contributed by atoms with Crippen molar-refractivity contribution in [2.75, 3.05) is 26.2 Å². The van der Waals surface area contributed by atoms with E-state index < -0.39 is 29.3 Å². The molecule has 220 valence electrons. The zero-order chi connectivity index (χ0) is 30.2. The van der Waals surface area contributed by atoms with Crippen molar-refractivity contribution in [2.45, 2.75) is 32.7 Å². The highest BCUT2D eigenvalue weighted by molar-refractivity contribution is 6.14. The number of nitrogens with one attached hydrogen (secondary N) is 1. The van der Waals surface area contributed by atoms with E-state index in [1.165, 1.54) is 24.3 Å². The molecule has 4 rings (SSSR count). The zero-order valence-corrected chi connectivity index (χ0v) is 23.4. The van der Waals surface area contributed by atoms with E-state index in [-0.39, 0.29) is 46.8 Å². The number of carbonyl (C=O) groups excluding carboxylic acids is 2. The highest BCUT2D eigenvalue weighted by Crippen LogP contribution is 2.29. The Balaban J connectivity index is 1.53. The highest BCUT2D eigenvalue weighted by Gasteiger charge is 2.29. The van der Waals surface area contributed by atoms with Crippen LogP contribution in [0.25, 0.3) is 12.2 Å². The quantitative estimate of drug-likeness (QED) is 0.217. The van der Waals surface area contributed by atoms with Gasteiger partial charge in [0.05, 0.1) is 0 Å². The molecule has 42 heavy (non-hydrogen) atoms. The number of halogens is 4. The molecule has 3 aromatic rings. The maximum absolute atomic E-state index is 13.8. The van der Waals surface area contributed by atoms with E-state index in [1.54, 1.807) is 24.3 Å². The number of nitrogens with zero attached hydrogens (tertiary/aromatic N) is 1. The molecule has 0 heterocycles. The zero-order valence-electron chi connectivity index (χ0n) is 23.4. The van der Waals surface area contributed by atoms with Crippen molar-refractivity contribution >= 4 is 23.8 Å². The van der Waals surface area contributed by atoms with Crippen molar-refractivity contribution in [3.05, 3.63) is 112 Å². The molecule has 1 saturated carbocycles. The van der Waals surface area contributed by atoms with Crippen LogP contribution in [0.1, 0.15) is 48.2 Å². The summed E-state index contributed by atoms with van der Waals surface area (Å²) in [4.78, 5) is 28.7. The van der Waals surface area contributed by atoms with Crippen LogP contribution < -0.4 is 10.1 Å². The lowest BCUT2D eigenvalue weighted by atomic mass is 9.83. The van der Waals surface area contributed by atoms with Crippen LogP contribution in [0.3, 0.4) is 0 Å². The molecule has 0 aliphatic heterocycles. The van der Waals surface area contributed by atoms with Gasteiger partial charge in [0.15, 0.2) is 29.1 Å². The fourth-order valence-electron chi connectivity index (χ4n) is 4.76. The van der Waals surface area contributed by atoms with Crippen molar-refractivity contribution < 1.29 is 31.9 Å². The third kappa shape index (κ3) is 7.94. The largest absolute Gasteiger partial charge is 0.492 e. The van der Waals surface area contributed by atoms with Crippen LogP contribution in [0.15, 0.2) is 71.8 Å². The second-order valence-electron chi connectivity index (χ2n) is 9.99. The normalized spacial score (nSPS) is 17.2. The fourth-order valence-corrected chi connectivity index (χ4v) is 4.76. The van der Waals surface area contributed by atoms with Gasteiger partial charge in [0.25, 0.3) is 5.91 Å². The Morgan fingerprint density at radius 3 is 1.83 bits per heavy atom. The van der Waals surface area contributed by atoms with E-state index >= 15 is 0 Å². The summed E-state index contributed by atoms with van der Waals surface area (Å²) >= 11 is 0. The maximum atomic E-state index is 13.8. The third-order valence-corrected chi connectivity index (χ3v) is 7.11. The van der Waals surface area contributed by atoms with Crippen LogP contribution in [-0.4, -0.2) is 48.9 Å². The first-order valence-corrected chi connectivity index (χ1v) is 13.8. The first-order chi connectivity index (χ1) is 20.2. The first-order valence-electron chi connectivity index (χ1n) is 13.8. The monoisotopic (exact) mass is 580 g/mol. The highest BCUT2D eigenvalue weighted by atomic mass is 19.2. The van der Waals surface area contributed by atoms with Gasteiger partial charge in [0.2, 0.25) is 0 Å². The van der Waals surface area contributed by atoms with Gasteiger partial charge >= 0.3 is 0 Å². The Bertz CT molecular complexity index is 1420. The average Bonchev–Trinajstić information content (AvgIpc) is 2.97. The molecule has 1 aliphatic rings. The summed E-state index contributed by atoms with van der Waals surface area (Å²) < 4.78 is 60.3. The van der Waals surface area contributed by atoms with Crippen LogP contribution in [0.4, 0.5) is 17.6 Å². The lowest BCUT2D eigenvalue weighted by Crippen LogP contribution is -2.39. The van der Waals surface area contributed by atoms with Crippen LogP contribution in [0.5, 0.6) is 5.75 Å². The fraction of sp³-hybridized carbons (Fsp3) is 0.273. The Morgan fingerprint density at radius 2 is 1.36 bits per heavy atom. The standard InChI is InChI=1S/C33H32F4N2O3/c1-3-39(4-2)13-14-42-27-9-7-23(8-10-27)33(41)38-26-19-24(15-21-5-11-28(34)30(36)17-21)32(40)25(20-26)16-22-6-12-29(35)31(37)18-22/h5-12,15-18,26H,3-4,13-14,19-20H2,1-2H3,(H,38,41). The lowest BCUT2D eigenvalue weighted by Gasteiger charge is -2.27. The summed E-state index contributed by atoms with van der Waals surface area (Å²) in [6, 6.07) is 12.7. The predicted octanol–water partition coefficient (Wildman–Crippen LogP) is 6.59. The number of ketones is 1. The van der Waals surface area contributed by atoms with Crippen molar-refractivity contribution in [2.24, 2.45) is 0 Å². The molecular weight excluding hydrogens is 548 g/mol. The number of ether oxygens (including phenoxy) is 1. The number of hydrogen-bond acceptors (Lipinski definition) is 4. The molecule has 1 fully saturated rings. The average molecular weight is 581 g/mol. The Hall–Kier alpha value is -4.24. The lowest BCUT2D eigenvalue weighted by molar-refractivity contribution is -0.113. The van der Waals surface area contributed by atoms with Gasteiger partial charge in [-0.25, -0.2) is 17.6 Å². The van der Waals surface area contributed by atoms with Crippen molar-refractivity contribution in [3.63, 3.8) is 0 Å². The van der Waals surface area contributed by atoms with E-state index in [0.717, 1.165) is 43.9 Å². The van der Waals surface area contributed by atoms with E-state index in [0.29, 0.717) is 17.9 Å². The number of amides is 1. The van der Waals surface area contributed by atoms with E-state index in [2.05, 4.69) is 24.1 Å². The molecule has 0 radical (unpaired) electrons. The Morgan fingerprint density at radius 1 is 0.833 bits per heavy atom. The number of rotatable bonds is 10. The van der Waals surface area contributed by atoms with Crippen molar-refractivity contribution in [3.8, 4) is 5.75 Å². The molecule has 0 spiro atoms. The second kappa shape index (κ2) is 14.1. The number of hydrogen-bond donors (Lipinski definition) is 1. The Kier molecular flexibility index (Phi) is 10.3. The molecule has 1 aliphatic carbocycles. The minimum Gasteiger partial charge on any atom is -0.492 e. The summed E-state index contributed by atoms with van der Waals surface area (Å²) in [5, 5.41) is 2.93. The molecule has 1 N–H and O–H groups in total. The number of benzene rings is 3. The summed E-state index contributed by atoms with van der Waals surface area (Å²) in [6.45, 7) is 7.34. The number of Topliss-reactive ketones (excluding diaryl/α,β-unsaturated/α-hetero) is 1. The van der Waals surface area contributed by atoms with Gasteiger partial charge in [-0.15, -0.1) is 0 Å². The topological polar surface area (TPSA) is 58.6 Å². The van der Waals surface area contributed by atoms with Gasteiger partial charge in [0.1, 0.15) is 12.4 Å². The molecule has 0 atom stereocenters. The van der Waals surface area contributed by atoms with Crippen LogP contribution in [0, 0.1) is 23.3 Å². The van der Waals surface area contributed by atoms with Crippen LogP contribution in [0.2, 0.25) is 0 Å². The van der Waals surface area contributed by atoms with Gasteiger partial charge in [-0.3, -0.25) is 9.59 Å². The molecule has 9 heteroatoms. The molecule has 0 aromatic heterocycles. The maximum Gasteiger partial charge on any atom is 0.251 e. The molecule has 1 amide bonds. The van der Waals surface area contributed by atoms with Gasteiger partial charge < -0.3 is 15.0 Å². The molecular formula is C33H32F4N2O3. The summed E-state index contributed by atoms with van der Waals surface area (Å²) in [6.07, 6.45) is 3.13. The van der Waals surface area contributed by atoms with Crippen molar-refractivity contribution in [1.29, 1.82) is 0 Å². The van der Waals surface area contributed by atoms with Gasteiger partial charge in [-0.2, -0.15) is 0 Å². The van der Waals surface area contributed by atoms with Gasteiger partial charge in [-0.1, -0.05) is 26.0 Å². The van der Waals surface area contributed by atoms with Crippen molar-refractivity contribution in [1.82, 2.24) is 10.2 Å². The van der Waals surface area contributed by atoms with Crippen LogP contribution >= 0.6 is 0 Å². The number of likely N-dealkylation sites (N-methyl/N-ethyl adjacent to an activating group) is 1. The predicted molar refractivity (Wildman–Crippen MR) is 154 cm³/mol. The second-order valence-corrected chi connectivity index (χ2v) is 9.99. The van der Waals surface area contributed by atoms with Crippen LogP contribution in [-0.2, 0) is 4.79 Å². The molecule has 3 aromatic carbocycles. The molecule has 5 nitrogen and oxygen atoms in total. The summed E-state index contributed by atoms with van der Waals surface area (Å²) in [7, 11) is 0. The minimum atomic E-state index is -1.06. The van der Waals surface area contributed by atoms with Gasteiger partial charge in [0, 0.05) is 29.3 Å². The van der Waals surface area contributed by atoms with E-state index in [1.807, 2.05) is 0 Å². The molecule has 0 saturated heterocycles. The van der Waals surface area contributed by atoms with E-state index in [4.69, 9.17) is 4.74 Å². The Labute approximate surface area is 242 Å². The summed E-state index contributed by atoms with van der Waals surface area (Å²) in [5.41, 5.74) is 1.44. The van der Waals surface area contributed by atoms with E-state index in [9.17, 15) is 27.2 Å². The SMILES string of the molecule is CCN(CC)CCOc1ccc(C(=O)NC2CC(=Cc3ccc(F)c(F)c3)C(=O)C(=Cc3ccc(F)c(F)c3)C2)cc1. The third-order valence-electron chi connectivity index (χ3n) is 7.11. The first kappa shape index (κ1) is 30.7. The minimum absolute atomic E-state index is 0.130. The molecule has 0 unspecified atom stereocenters. The smallest absolute Gasteiger partial charge is 0.251 e. The molecule has 0 bridgehead atoms. The number of carbonyl (C=O) groups is 2.